The molecule has 0 heterocycles. The van der Waals surface area contributed by atoms with E-state index in [1.165, 1.54) is 0 Å². The Morgan fingerprint density at radius 2 is 1.90 bits per heavy atom. The largest absolute Gasteiger partial charge is 0.388 e. The Labute approximate surface area is 128 Å². The van der Waals surface area contributed by atoms with Crippen LogP contribution in [0.2, 0.25) is 10.0 Å². The zero-order valence-corrected chi connectivity index (χ0v) is 12.5. The van der Waals surface area contributed by atoms with Gasteiger partial charge < -0.3 is 5.11 Å². The Hall–Kier alpha value is -0.810. The van der Waals surface area contributed by atoms with E-state index in [9.17, 15) is 9.90 Å². The van der Waals surface area contributed by atoms with Crippen LogP contribution in [0.3, 0.4) is 0 Å². The summed E-state index contributed by atoms with van der Waals surface area (Å²) in [5.41, 5.74) is 2.90. The fraction of sp³-hybridized carbons (Fsp3) is 0.500. The van der Waals surface area contributed by atoms with Gasteiger partial charge in [0, 0.05) is 10.0 Å². The molecular formula is C14H17Cl2NO3. The molecule has 20 heavy (non-hydrogen) atoms. The number of hydrogen-bond donors (Lipinski definition) is 2. The van der Waals surface area contributed by atoms with Crippen LogP contribution >= 0.6 is 23.2 Å². The number of hydrogen-bond acceptors (Lipinski definition) is 3. The molecule has 1 aromatic carbocycles. The number of aliphatic hydroxyl groups is 1. The first-order valence-electron chi connectivity index (χ1n) is 6.63. The molecule has 1 amide bonds. The van der Waals surface area contributed by atoms with Crippen LogP contribution in [0.5, 0.6) is 0 Å². The molecular weight excluding hydrogens is 301 g/mol. The van der Waals surface area contributed by atoms with Crippen molar-refractivity contribution in [2.75, 3.05) is 0 Å². The summed E-state index contributed by atoms with van der Waals surface area (Å²) >= 11 is 11.7. The molecule has 1 unspecified atom stereocenters. The molecule has 0 spiro atoms. The van der Waals surface area contributed by atoms with Crippen molar-refractivity contribution in [1.29, 1.82) is 0 Å². The van der Waals surface area contributed by atoms with Crippen molar-refractivity contribution >= 4 is 29.1 Å². The molecule has 1 aromatic rings. The van der Waals surface area contributed by atoms with Gasteiger partial charge in [-0.3, -0.25) is 9.63 Å². The summed E-state index contributed by atoms with van der Waals surface area (Å²) in [7, 11) is 0. The predicted octanol–water partition coefficient (Wildman–Crippen LogP) is 3.41. The zero-order chi connectivity index (χ0) is 14.5. The van der Waals surface area contributed by atoms with Gasteiger partial charge in [-0.1, -0.05) is 36.0 Å². The Kier molecular flexibility index (Phi) is 5.66. The van der Waals surface area contributed by atoms with Crippen molar-refractivity contribution in [3.8, 4) is 0 Å². The smallest absolute Gasteiger partial charge is 0.246 e. The topological polar surface area (TPSA) is 58.6 Å². The standard InChI is InChI=1S/C14H17Cl2NO3/c15-10-5-9(6-11(16)7-10)13(18)8-14(19)17-20-12-3-1-2-4-12/h5-7,12-13,18H,1-4,8H2,(H,17,19). The maximum atomic E-state index is 11.7. The number of rotatable bonds is 5. The molecule has 0 aliphatic heterocycles. The molecule has 1 fully saturated rings. The minimum atomic E-state index is -0.960. The van der Waals surface area contributed by atoms with Crippen LogP contribution in [-0.2, 0) is 9.63 Å². The average Bonchev–Trinajstić information content (AvgIpc) is 2.88. The van der Waals surface area contributed by atoms with Crippen LogP contribution in [-0.4, -0.2) is 17.1 Å². The number of carbonyl (C=O) groups excluding carboxylic acids is 1. The molecule has 6 heteroatoms. The number of halogens is 2. The maximum absolute atomic E-state index is 11.7. The number of carbonyl (C=O) groups is 1. The Morgan fingerprint density at radius 3 is 2.50 bits per heavy atom. The van der Waals surface area contributed by atoms with Gasteiger partial charge in [-0.05, 0) is 36.6 Å². The second-order valence-corrected chi connectivity index (χ2v) is 5.85. The molecule has 1 atom stereocenters. The summed E-state index contributed by atoms with van der Waals surface area (Å²) in [6, 6.07) is 4.75. The summed E-state index contributed by atoms with van der Waals surface area (Å²) < 4.78 is 0. The minimum absolute atomic E-state index is 0.0939. The molecule has 1 aliphatic carbocycles. The lowest BCUT2D eigenvalue weighted by atomic mass is 10.1. The van der Waals surface area contributed by atoms with E-state index in [0.717, 1.165) is 25.7 Å². The highest BCUT2D eigenvalue weighted by Crippen LogP contribution is 2.25. The molecule has 110 valence electrons. The molecule has 0 aromatic heterocycles. The highest BCUT2D eigenvalue weighted by atomic mass is 35.5. The second-order valence-electron chi connectivity index (χ2n) is 4.97. The highest BCUT2D eigenvalue weighted by Gasteiger charge is 2.19. The predicted molar refractivity (Wildman–Crippen MR) is 77.5 cm³/mol. The summed E-state index contributed by atoms with van der Waals surface area (Å²) in [4.78, 5) is 17.0. The number of hydroxylamine groups is 1. The van der Waals surface area contributed by atoms with Gasteiger partial charge in [-0.15, -0.1) is 0 Å². The third kappa shape index (κ3) is 4.63. The summed E-state index contributed by atoms with van der Waals surface area (Å²) in [5.74, 6) is -0.361. The number of amides is 1. The van der Waals surface area contributed by atoms with Crippen LogP contribution < -0.4 is 5.48 Å². The average molecular weight is 318 g/mol. The molecule has 0 bridgehead atoms. The fourth-order valence-corrected chi connectivity index (χ4v) is 2.80. The van der Waals surface area contributed by atoms with Gasteiger partial charge in [0.1, 0.15) is 0 Å². The van der Waals surface area contributed by atoms with Gasteiger partial charge >= 0.3 is 0 Å². The number of aliphatic hydroxyl groups excluding tert-OH is 1. The van der Waals surface area contributed by atoms with E-state index in [1.54, 1.807) is 18.2 Å². The number of benzene rings is 1. The van der Waals surface area contributed by atoms with E-state index in [1.807, 2.05) is 0 Å². The monoisotopic (exact) mass is 317 g/mol. The van der Waals surface area contributed by atoms with E-state index >= 15 is 0 Å². The molecule has 1 aliphatic rings. The molecule has 1 saturated carbocycles. The Morgan fingerprint density at radius 1 is 1.30 bits per heavy atom. The fourth-order valence-electron chi connectivity index (χ4n) is 2.26. The van der Waals surface area contributed by atoms with Gasteiger partial charge in [-0.25, -0.2) is 5.48 Å². The van der Waals surface area contributed by atoms with Crippen LogP contribution in [0.25, 0.3) is 0 Å². The van der Waals surface area contributed by atoms with Gasteiger partial charge in [-0.2, -0.15) is 0 Å². The molecule has 4 nitrogen and oxygen atoms in total. The summed E-state index contributed by atoms with van der Waals surface area (Å²) in [6.07, 6.45) is 3.23. The first kappa shape index (κ1) is 15.6. The minimum Gasteiger partial charge on any atom is -0.388 e. The third-order valence-corrected chi connectivity index (χ3v) is 3.73. The van der Waals surface area contributed by atoms with Crippen molar-refractivity contribution in [3.05, 3.63) is 33.8 Å². The van der Waals surface area contributed by atoms with Crippen molar-refractivity contribution < 1.29 is 14.7 Å². The van der Waals surface area contributed by atoms with Crippen molar-refractivity contribution in [2.45, 2.75) is 44.3 Å². The van der Waals surface area contributed by atoms with E-state index in [-0.39, 0.29) is 18.4 Å². The van der Waals surface area contributed by atoms with Gasteiger partial charge in [0.05, 0.1) is 18.6 Å². The lowest BCUT2D eigenvalue weighted by molar-refractivity contribution is -0.140. The quantitative estimate of drug-likeness (QED) is 0.818. The van der Waals surface area contributed by atoms with Crippen LogP contribution in [0.4, 0.5) is 0 Å². The van der Waals surface area contributed by atoms with Crippen molar-refractivity contribution in [1.82, 2.24) is 5.48 Å². The van der Waals surface area contributed by atoms with Crippen molar-refractivity contribution in [2.24, 2.45) is 0 Å². The second kappa shape index (κ2) is 7.27. The Balaban J connectivity index is 1.83. The lowest BCUT2D eigenvalue weighted by Gasteiger charge is -2.14. The lowest BCUT2D eigenvalue weighted by Crippen LogP contribution is -2.29. The number of nitrogens with one attached hydrogen (secondary N) is 1. The molecule has 0 saturated heterocycles. The van der Waals surface area contributed by atoms with E-state index < -0.39 is 6.10 Å². The molecule has 0 radical (unpaired) electrons. The normalized spacial score (nSPS) is 17.1. The first-order valence-corrected chi connectivity index (χ1v) is 7.39. The molecule has 2 N–H and O–H groups in total. The van der Waals surface area contributed by atoms with Gasteiger partial charge in [0.2, 0.25) is 5.91 Å². The molecule has 2 rings (SSSR count). The summed E-state index contributed by atoms with van der Waals surface area (Å²) in [6.45, 7) is 0. The highest BCUT2D eigenvalue weighted by molar-refractivity contribution is 6.34. The van der Waals surface area contributed by atoms with Crippen LogP contribution in [0.15, 0.2) is 18.2 Å². The van der Waals surface area contributed by atoms with E-state index in [4.69, 9.17) is 28.0 Å². The zero-order valence-electron chi connectivity index (χ0n) is 10.9. The van der Waals surface area contributed by atoms with E-state index in [2.05, 4.69) is 5.48 Å². The Bertz CT molecular complexity index is 455. The van der Waals surface area contributed by atoms with Crippen LogP contribution in [0.1, 0.15) is 43.8 Å². The third-order valence-electron chi connectivity index (χ3n) is 3.29. The van der Waals surface area contributed by atoms with Gasteiger partial charge in [0.15, 0.2) is 0 Å². The maximum Gasteiger partial charge on any atom is 0.246 e. The first-order chi connectivity index (χ1) is 9.54. The van der Waals surface area contributed by atoms with Crippen LogP contribution in [0, 0.1) is 0 Å². The van der Waals surface area contributed by atoms with Gasteiger partial charge in [0.25, 0.3) is 0 Å². The van der Waals surface area contributed by atoms with E-state index in [0.29, 0.717) is 15.6 Å². The summed E-state index contributed by atoms with van der Waals surface area (Å²) in [5, 5.41) is 10.8. The SMILES string of the molecule is O=C(CC(O)c1cc(Cl)cc(Cl)c1)NOC1CCCC1. The van der Waals surface area contributed by atoms with Crippen molar-refractivity contribution in [3.63, 3.8) is 0 Å².